The SMILES string of the molecule is COc1ccc(Br)c(CNC(C)(C)CC(C)(C)C)c1OCc1ccc(Cl)cc1. The monoisotopic (exact) mass is 467 g/mol. The Kier molecular flexibility index (Phi) is 7.83. The molecule has 2 aromatic carbocycles. The zero-order chi connectivity index (χ0) is 20.9. The zero-order valence-corrected chi connectivity index (χ0v) is 20.0. The summed E-state index contributed by atoms with van der Waals surface area (Å²) in [6, 6.07) is 11.6. The molecule has 0 heterocycles. The molecule has 0 aliphatic rings. The summed E-state index contributed by atoms with van der Waals surface area (Å²) in [5.41, 5.74) is 2.35. The molecule has 0 atom stereocenters. The molecule has 3 nitrogen and oxygen atoms in total. The van der Waals surface area contributed by atoms with Crippen molar-refractivity contribution in [3.05, 3.63) is 57.0 Å². The van der Waals surface area contributed by atoms with Crippen molar-refractivity contribution in [1.82, 2.24) is 5.32 Å². The molecular weight excluding hydrogens is 438 g/mol. The Labute approximate surface area is 182 Å². The molecule has 0 radical (unpaired) electrons. The van der Waals surface area contributed by atoms with Crippen LogP contribution < -0.4 is 14.8 Å². The van der Waals surface area contributed by atoms with Gasteiger partial charge in [-0.05, 0) is 55.5 Å². The fourth-order valence-electron chi connectivity index (χ4n) is 3.52. The fourth-order valence-corrected chi connectivity index (χ4v) is 4.10. The normalized spacial score (nSPS) is 12.1. The van der Waals surface area contributed by atoms with Crippen LogP contribution >= 0.6 is 27.5 Å². The highest BCUT2D eigenvalue weighted by Crippen LogP contribution is 2.37. The van der Waals surface area contributed by atoms with Gasteiger partial charge in [0.05, 0.1) is 7.11 Å². The van der Waals surface area contributed by atoms with Crippen molar-refractivity contribution >= 4 is 27.5 Å². The molecule has 0 saturated carbocycles. The lowest BCUT2D eigenvalue weighted by Gasteiger charge is -2.34. The number of nitrogens with one attached hydrogen (secondary N) is 1. The van der Waals surface area contributed by atoms with Crippen LogP contribution in [0.15, 0.2) is 40.9 Å². The number of ether oxygens (including phenoxy) is 2. The van der Waals surface area contributed by atoms with Crippen molar-refractivity contribution in [2.24, 2.45) is 5.41 Å². The van der Waals surface area contributed by atoms with Gasteiger partial charge in [0.15, 0.2) is 11.5 Å². The lowest BCUT2D eigenvalue weighted by Crippen LogP contribution is -2.42. The van der Waals surface area contributed by atoms with Gasteiger partial charge in [0, 0.05) is 27.1 Å². The number of benzene rings is 2. The first-order valence-corrected chi connectivity index (χ1v) is 10.7. The highest BCUT2D eigenvalue weighted by molar-refractivity contribution is 9.10. The van der Waals surface area contributed by atoms with Crippen LogP contribution in [0.25, 0.3) is 0 Å². The van der Waals surface area contributed by atoms with Crippen LogP contribution in [0.5, 0.6) is 11.5 Å². The fraction of sp³-hybridized carbons (Fsp3) is 0.478. The first-order valence-electron chi connectivity index (χ1n) is 9.48. The molecule has 0 aliphatic carbocycles. The van der Waals surface area contributed by atoms with Crippen molar-refractivity contribution in [1.29, 1.82) is 0 Å². The van der Waals surface area contributed by atoms with Crippen LogP contribution in [0.2, 0.25) is 5.02 Å². The Balaban J connectivity index is 2.21. The molecule has 28 heavy (non-hydrogen) atoms. The van der Waals surface area contributed by atoms with E-state index in [2.05, 4.69) is 55.9 Å². The summed E-state index contributed by atoms with van der Waals surface area (Å²) in [5, 5.41) is 4.40. The van der Waals surface area contributed by atoms with E-state index in [0.717, 1.165) is 38.5 Å². The van der Waals surface area contributed by atoms with E-state index in [1.54, 1.807) is 7.11 Å². The van der Waals surface area contributed by atoms with Crippen molar-refractivity contribution < 1.29 is 9.47 Å². The molecule has 0 amide bonds. The second kappa shape index (κ2) is 9.51. The molecule has 0 aromatic heterocycles. The average molecular weight is 469 g/mol. The third kappa shape index (κ3) is 6.98. The predicted molar refractivity (Wildman–Crippen MR) is 121 cm³/mol. The van der Waals surface area contributed by atoms with Gasteiger partial charge < -0.3 is 14.8 Å². The van der Waals surface area contributed by atoms with Gasteiger partial charge >= 0.3 is 0 Å². The minimum Gasteiger partial charge on any atom is -0.493 e. The molecule has 2 rings (SSSR count). The van der Waals surface area contributed by atoms with E-state index >= 15 is 0 Å². The lowest BCUT2D eigenvalue weighted by molar-refractivity contribution is 0.237. The Morgan fingerprint density at radius 1 is 1.00 bits per heavy atom. The number of hydrogen-bond donors (Lipinski definition) is 1. The molecule has 0 unspecified atom stereocenters. The average Bonchev–Trinajstić information content (AvgIpc) is 2.58. The van der Waals surface area contributed by atoms with Crippen LogP contribution in [-0.4, -0.2) is 12.6 Å². The van der Waals surface area contributed by atoms with Gasteiger partial charge in [-0.1, -0.05) is 60.4 Å². The van der Waals surface area contributed by atoms with Gasteiger partial charge in [-0.15, -0.1) is 0 Å². The van der Waals surface area contributed by atoms with E-state index in [0.29, 0.717) is 13.2 Å². The Morgan fingerprint density at radius 3 is 2.21 bits per heavy atom. The standard InChI is InChI=1S/C23H31BrClNO2/c1-22(2,3)15-23(4,5)26-13-18-19(24)11-12-20(27-6)21(18)28-14-16-7-9-17(25)10-8-16/h7-12,26H,13-15H2,1-6H3. The summed E-state index contributed by atoms with van der Waals surface area (Å²) < 4.78 is 12.8. The quantitative estimate of drug-likeness (QED) is 0.452. The molecule has 0 fully saturated rings. The molecule has 1 N–H and O–H groups in total. The molecule has 2 aromatic rings. The van der Waals surface area contributed by atoms with Crippen molar-refractivity contribution in [2.45, 2.75) is 59.7 Å². The number of rotatable bonds is 8. The van der Waals surface area contributed by atoms with Crippen LogP contribution in [0.1, 0.15) is 52.2 Å². The maximum absolute atomic E-state index is 6.19. The summed E-state index contributed by atoms with van der Waals surface area (Å²) >= 11 is 9.66. The van der Waals surface area contributed by atoms with E-state index in [1.165, 1.54) is 0 Å². The molecule has 0 aliphatic heterocycles. The number of halogens is 2. The second-order valence-corrected chi connectivity index (χ2v) is 10.2. The van der Waals surface area contributed by atoms with Crippen LogP contribution in [0.4, 0.5) is 0 Å². The Hall–Kier alpha value is -1.23. The van der Waals surface area contributed by atoms with Gasteiger partial charge in [-0.2, -0.15) is 0 Å². The molecule has 0 saturated heterocycles. The van der Waals surface area contributed by atoms with Gasteiger partial charge in [0.2, 0.25) is 0 Å². The van der Waals surface area contributed by atoms with Gasteiger partial charge in [-0.25, -0.2) is 0 Å². The zero-order valence-electron chi connectivity index (χ0n) is 17.7. The second-order valence-electron chi connectivity index (χ2n) is 8.95. The molecule has 0 bridgehead atoms. The minimum absolute atomic E-state index is 0.00574. The van der Waals surface area contributed by atoms with E-state index in [-0.39, 0.29) is 11.0 Å². The third-order valence-electron chi connectivity index (χ3n) is 4.40. The summed E-state index contributed by atoms with van der Waals surface area (Å²) in [7, 11) is 1.67. The summed E-state index contributed by atoms with van der Waals surface area (Å²) in [5.74, 6) is 1.48. The largest absolute Gasteiger partial charge is 0.493 e. The van der Waals surface area contributed by atoms with Gasteiger partial charge in [0.1, 0.15) is 6.61 Å². The van der Waals surface area contributed by atoms with E-state index in [1.807, 2.05) is 36.4 Å². The Morgan fingerprint density at radius 2 is 1.64 bits per heavy atom. The van der Waals surface area contributed by atoms with Crippen LogP contribution in [0.3, 0.4) is 0 Å². The Bertz CT molecular complexity index is 782. The van der Waals surface area contributed by atoms with Crippen molar-refractivity contribution in [2.75, 3.05) is 7.11 Å². The lowest BCUT2D eigenvalue weighted by atomic mass is 9.81. The summed E-state index contributed by atoms with van der Waals surface area (Å²) in [6.07, 6.45) is 1.06. The number of methoxy groups -OCH3 is 1. The third-order valence-corrected chi connectivity index (χ3v) is 5.39. The van der Waals surface area contributed by atoms with E-state index in [4.69, 9.17) is 21.1 Å². The predicted octanol–water partition coefficient (Wildman–Crippen LogP) is 6.99. The molecule has 154 valence electrons. The van der Waals surface area contributed by atoms with Gasteiger partial charge in [0.25, 0.3) is 0 Å². The smallest absolute Gasteiger partial charge is 0.167 e. The van der Waals surface area contributed by atoms with Crippen LogP contribution in [-0.2, 0) is 13.2 Å². The van der Waals surface area contributed by atoms with Gasteiger partial charge in [-0.3, -0.25) is 0 Å². The first kappa shape index (κ1) is 23.1. The van der Waals surface area contributed by atoms with Crippen molar-refractivity contribution in [3.63, 3.8) is 0 Å². The highest BCUT2D eigenvalue weighted by atomic mass is 79.9. The number of hydrogen-bond acceptors (Lipinski definition) is 3. The first-order chi connectivity index (χ1) is 13.0. The molecule has 5 heteroatoms. The topological polar surface area (TPSA) is 30.5 Å². The van der Waals surface area contributed by atoms with E-state index in [9.17, 15) is 0 Å². The maximum Gasteiger partial charge on any atom is 0.167 e. The summed E-state index contributed by atoms with van der Waals surface area (Å²) in [6.45, 7) is 12.4. The molecule has 0 spiro atoms. The maximum atomic E-state index is 6.19. The van der Waals surface area contributed by atoms with E-state index < -0.39 is 0 Å². The van der Waals surface area contributed by atoms with Crippen LogP contribution in [0, 0.1) is 5.41 Å². The molecular formula is C23H31BrClNO2. The van der Waals surface area contributed by atoms with Crippen molar-refractivity contribution in [3.8, 4) is 11.5 Å². The minimum atomic E-state index is -0.00574. The highest BCUT2D eigenvalue weighted by Gasteiger charge is 2.26. The summed E-state index contributed by atoms with van der Waals surface area (Å²) in [4.78, 5) is 0.